The van der Waals surface area contributed by atoms with Crippen molar-refractivity contribution in [2.45, 2.75) is 118 Å². The van der Waals surface area contributed by atoms with E-state index in [2.05, 4.69) is 99.8 Å². The van der Waals surface area contributed by atoms with Gasteiger partial charge in [-0.1, -0.05) is 52.7 Å². The summed E-state index contributed by atoms with van der Waals surface area (Å²) in [6.45, 7) is 27.2. The van der Waals surface area contributed by atoms with Crippen molar-refractivity contribution in [3.63, 3.8) is 0 Å². The van der Waals surface area contributed by atoms with Crippen LogP contribution in [0.15, 0.2) is 71.9 Å². The average Bonchev–Trinajstić information content (AvgIpc) is 2.66. The van der Waals surface area contributed by atoms with Crippen molar-refractivity contribution in [2.75, 3.05) is 0 Å². The van der Waals surface area contributed by atoms with Crippen molar-refractivity contribution in [1.82, 2.24) is 0 Å². The standard InChI is InChI=1S/C30H50O2/c1-12-29(10,21-15-18-25(5)6)31-28(23-27(9)20-14-17-24(3)4)32-30(11,13-2)22-16-19-26(7)8/h12-13,17-19,23,28H,1-2,14-16,20-22H2,3-11H3/b27-23+/t29-,30-/m0/s1. The first-order chi connectivity index (χ1) is 14.8. The fourth-order valence-corrected chi connectivity index (χ4v) is 3.24. The third-order valence-electron chi connectivity index (χ3n) is 5.53. The lowest BCUT2D eigenvalue weighted by atomic mass is 9.98. The lowest BCUT2D eigenvalue weighted by Gasteiger charge is -2.36. The molecule has 0 saturated heterocycles. The highest BCUT2D eigenvalue weighted by molar-refractivity contribution is 5.07. The Morgan fingerprint density at radius 1 is 0.688 bits per heavy atom. The SMILES string of the molecule is C=C[C@@](C)(CCC=C(C)C)OC(/C=C(\C)CCC=C(C)C)O[C@@](C)(C=C)CCC=C(C)C. The Morgan fingerprint density at radius 2 is 1.06 bits per heavy atom. The molecule has 32 heavy (non-hydrogen) atoms. The van der Waals surface area contributed by atoms with Gasteiger partial charge in [-0.3, -0.25) is 0 Å². The van der Waals surface area contributed by atoms with Crippen LogP contribution in [0.3, 0.4) is 0 Å². The van der Waals surface area contributed by atoms with E-state index in [0.717, 1.165) is 38.5 Å². The van der Waals surface area contributed by atoms with Crippen LogP contribution in [0.2, 0.25) is 0 Å². The summed E-state index contributed by atoms with van der Waals surface area (Å²) < 4.78 is 13.1. The maximum atomic E-state index is 6.57. The fourth-order valence-electron chi connectivity index (χ4n) is 3.24. The van der Waals surface area contributed by atoms with Crippen molar-refractivity contribution in [3.05, 3.63) is 71.9 Å². The summed E-state index contributed by atoms with van der Waals surface area (Å²) in [6.07, 6.45) is 17.8. The molecule has 0 aromatic carbocycles. The summed E-state index contributed by atoms with van der Waals surface area (Å²) in [6, 6.07) is 0. The minimum atomic E-state index is -0.477. The van der Waals surface area contributed by atoms with E-state index in [1.165, 1.54) is 22.3 Å². The van der Waals surface area contributed by atoms with Gasteiger partial charge in [-0.05, 0) is 107 Å². The van der Waals surface area contributed by atoms with Crippen LogP contribution in [-0.2, 0) is 9.47 Å². The van der Waals surface area contributed by atoms with Crippen LogP contribution in [0.1, 0.15) is 101 Å². The number of allylic oxidation sites excluding steroid dienone is 7. The second kappa shape index (κ2) is 15.2. The van der Waals surface area contributed by atoms with Crippen molar-refractivity contribution in [2.24, 2.45) is 0 Å². The minimum absolute atomic E-state index is 0.467. The molecular formula is C30H50O2. The topological polar surface area (TPSA) is 18.5 Å². The molecule has 0 bridgehead atoms. The Bertz CT molecular complexity index is 652. The number of rotatable bonds is 16. The Labute approximate surface area is 199 Å². The van der Waals surface area contributed by atoms with E-state index in [9.17, 15) is 0 Å². The molecule has 0 spiro atoms. The van der Waals surface area contributed by atoms with Crippen LogP contribution in [0.5, 0.6) is 0 Å². The van der Waals surface area contributed by atoms with Crippen molar-refractivity contribution < 1.29 is 9.47 Å². The molecule has 2 atom stereocenters. The molecule has 0 unspecified atom stereocenters. The molecule has 0 saturated carbocycles. The van der Waals surface area contributed by atoms with Crippen LogP contribution >= 0.6 is 0 Å². The molecule has 0 aromatic heterocycles. The van der Waals surface area contributed by atoms with E-state index >= 15 is 0 Å². The molecule has 0 rings (SSSR count). The van der Waals surface area contributed by atoms with Gasteiger partial charge in [-0.15, -0.1) is 13.2 Å². The molecular weight excluding hydrogens is 392 g/mol. The van der Waals surface area contributed by atoms with E-state index in [1.54, 1.807) is 0 Å². The van der Waals surface area contributed by atoms with Gasteiger partial charge in [0.2, 0.25) is 0 Å². The fraction of sp³-hybridized carbons (Fsp3) is 0.600. The van der Waals surface area contributed by atoms with Gasteiger partial charge in [-0.25, -0.2) is 0 Å². The molecule has 0 aromatic rings. The van der Waals surface area contributed by atoms with E-state index < -0.39 is 17.5 Å². The molecule has 0 aliphatic heterocycles. The second-order valence-electron chi connectivity index (χ2n) is 10.1. The zero-order chi connectivity index (χ0) is 24.8. The van der Waals surface area contributed by atoms with E-state index in [4.69, 9.17) is 9.47 Å². The highest BCUT2D eigenvalue weighted by Gasteiger charge is 2.30. The van der Waals surface area contributed by atoms with Crippen molar-refractivity contribution in [1.29, 1.82) is 0 Å². The molecule has 182 valence electrons. The Morgan fingerprint density at radius 3 is 1.41 bits per heavy atom. The first kappa shape index (κ1) is 30.4. The van der Waals surface area contributed by atoms with Gasteiger partial charge in [0.1, 0.15) is 0 Å². The third kappa shape index (κ3) is 14.4. The average molecular weight is 443 g/mol. The summed E-state index contributed by atoms with van der Waals surface area (Å²) >= 11 is 0. The zero-order valence-electron chi connectivity index (χ0n) is 22.5. The third-order valence-corrected chi connectivity index (χ3v) is 5.53. The largest absolute Gasteiger partial charge is 0.339 e. The Balaban J connectivity index is 5.67. The monoisotopic (exact) mass is 442 g/mol. The summed E-state index contributed by atoms with van der Waals surface area (Å²) in [5.41, 5.74) is 4.29. The first-order valence-corrected chi connectivity index (χ1v) is 12.0. The van der Waals surface area contributed by atoms with Gasteiger partial charge in [0, 0.05) is 0 Å². The molecule has 0 aliphatic carbocycles. The Kier molecular flexibility index (Phi) is 14.5. The second-order valence-corrected chi connectivity index (χ2v) is 10.1. The van der Waals surface area contributed by atoms with Crippen LogP contribution in [0.25, 0.3) is 0 Å². The molecule has 0 N–H and O–H groups in total. The number of hydrogen-bond acceptors (Lipinski definition) is 2. The summed E-state index contributed by atoms with van der Waals surface area (Å²) in [4.78, 5) is 0. The maximum Gasteiger partial charge on any atom is 0.179 e. The summed E-state index contributed by atoms with van der Waals surface area (Å²) in [5.74, 6) is 0. The smallest absolute Gasteiger partial charge is 0.179 e. The van der Waals surface area contributed by atoms with Crippen molar-refractivity contribution in [3.8, 4) is 0 Å². The lowest BCUT2D eigenvalue weighted by molar-refractivity contribution is -0.206. The van der Waals surface area contributed by atoms with Gasteiger partial charge in [0.15, 0.2) is 6.29 Å². The maximum absolute atomic E-state index is 6.57. The molecule has 0 fully saturated rings. The molecule has 2 nitrogen and oxygen atoms in total. The van der Waals surface area contributed by atoms with Crippen LogP contribution in [0.4, 0.5) is 0 Å². The summed E-state index contributed by atoms with van der Waals surface area (Å²) in [5, 5.41) is 0. The van der Waals surface area contributed by atoms with E-state index in [1.807, 2.05) is 12.2 Å². The molecule has 2 heteroatoms. The van der Waals surface area contributed by atoms with Crippen LogP contribution in [-0.4, -0.2) is 17.5 Å². The highest BCUT2D eigenvalue weighted by Crippen LogP contribution is 2.29. The van der Waals surface area contributed by atoms with Crippen molar-refractivity contribution >= 4 is 0 Å². The predicted molar refractivity (Wildman–Crippen MR) is 143 cm³/mol. The van der Waals surface area contributed by atoms with Gasteiger partial charge >= 0.3 is 0 Å². The minimum Gasteiger partial charge on any atom is -0.339 e. The zero-order valence-corrected chi connectivity index (χ0v) is 22.5. The predicted octanol–water partition coefficient (Wildman–Crippen LogP) is 9.42. The van der Waals surface area contributed by atoms with Gasteiger partial charge in [-0.2, -0.15) is 0 Å². The van der Waals surface area contributed by atoms with Gasteiger partial charge in [0.25, 0.3) is 0 Å². The van der Waals surface area contributed by atoms with E-state index in [0.29, 0.717) is 0 Å². The normalized spacial score (nSPS) is 15.4. The summed E-state index contributed by atoms with van der Waals surface area (Å²) in [7, 11) is 0. The molecule has 0 aliphatic rings. The number of hydrogen-bond donors (Lipinski definition) is 0. The van der Waals surface area contributed by atoms with Crippen LogP contribution in [0, 0.1) is 0 Å². The quantitative estimate of drug-likeness (QED) is 0.175. The molecule has 0 heterocycles. The van der Waals surface area contributed by atoms with Gasteiger partial charge in [0.05, 0.1) is 11.2 Å². The highest BCUT2D eigenvalue weighted by atomic mass is 16.7. The Hall–Kier alpha value is -1.64. The molecule has 0 radical (unpaired) electrons. The van der Waals surface area contributed by atoms with Gasteiger partial charge < -0.3 is 9.47 Å². The first-order valence-electron chi connectivity index (χ1n) is 12.0. The van der Waals surface area contributed by atoms with E-state index in [-0.39, 0.29) is 0 Å². The van der Waals surface area contributed by atoms with Crippen LogP contribution < -0.4 is 0 Å². The molecule has 0 amide bonds. The lowest BCUT2D eigenvalue weighted by Crippen LogP contribution is -2.38. The number of ether oxygens (including phenoxy) is 2.